The van der Waals surface area contributed by atoms with E-state index in [1.165, 1.54) is 16.7 Å². The summed E-state index contributed by atoms with van der Waals surface area (Å²) in [6.07, 6.45) is 3.77. The third kappa shape index (κ3) is 7.32. The monoisotopic (exact) mass is 847 g/mol. The van der Waals surface area contributed by atoms with Crippen LogP contribution in [0.2, 0.25) is 0 Å². The van der Waals surface area contributed by atoms with Crippen LogP contribution in [0.3, 0.4) is 0 Å². The van der Waals surface area contributed by atoms with E-state index < -0.39 is 0 Å². The van der Waals surface area contributed by atoms with Crippen molar-refractivity contribution >= 4 is 21.9 Å². The van der Waals surface area contributed by atoms with E-state index in [1.807, 2.05) is 67.8 Å². The van der Waals surface area contributed by atoms with Crippen molar-refractivity contribution in [3.05, 3.63) is 144 Å². The predicted molar refractivity (Wildman–Crippen MR) is 201 cm³/mol. The Morgan fingerprint density at radius 3 is 2.06 bits per heavy atom. The second-order valence-electron chi connectivity index (χ2n) is 13.7. The van der Waals surface area contributed by atoms with Crippen LogP contribution >= 0.6 is 0 Å². The minimum absolute atomic E-state index is 0. The molecule has 0 aliphatic rings. The molecule has 4 aromatic heterocycles. The normalized spacial score (nSPS) is 11.3. The van der Waals surface area contributed by atoms with E-state index in [0.717, 1.165) is 61.1 Å². The third-order valence-corrected chi connectivity index (χ3v) is 8.75. The average Bonchev–Trinajstić information content (AvgIpc) is 3.77. The van der Waals surface area contributed by atoms with E-state index in [1.54, 1.807) is 0 Å². The average molecular weight is 847 g/mol. The van der Waals surface area contributed by atoms with Gasteiger partial charge in [-0.1, -0.05) is 105 Å². The first-order valence-corrected chi connectivity index (χ1v) is 16.7. The minimum atomic E-state index is -0.267. The second-order valence-corrected chi connectivity index (χ2v) is 13.7. The Kier molecular flexibility index (Phi) is 10.2. The van der Waals surface area contributed by atoms with Crippen molar-refractivity contribution in [2.45, 2.75) is 53.9 Å². The van der Waals surface area contributed by atoms with Gasteiger partial charge in [-0.2, -0.15) is 0 Å². The molecule has 6 nitrogen and oxygen atoms in total. The maximum Gasteiger partial charge on any atom is 0.252 e. The summed E-state index contributed by atoms with van der Waals surface area (Å²) in [6.45, 7) is 14.4. The van der Waals surface area contributed by atoms with Gasteiger partial charge in [-0.05, 0) is 54.4 Å². The number of aryl methyl sites for hydroxylation is 4. The zero-order valence-electron chi connectivity index (χ0n) is 29.8. The largest absolute Gasteiger partial charge is 0.500 e. The topological polar surface area (TPSA) is 77.8 Å². The summed E-state index contributed by atoms with van der Waals surface area (Å²) in [5.41, 5.74) is 12.4. The van der Waals surface area contributed by atoms with E-state index in [9.17, 15) is 0 Å². The SMILES string of the molecule is Cc1c[c-]c(-c2ccc(C)cn2)cc1.Cc1cnc(-c2[c-]ccc3c2oc2c(-c4nnc(C(C)(C)C)o4)c(-c4ccccc4)ccc23)cc1C.[Ir]. The second kappa shape index (κ2) is 14.6. The quantitative estimate of drug-likeness (QED) is 0.164. The van der Waals surface area contributed by atoms with Crippen molar-refractivity contribution in [2.75, 3.05) is 0 Å². The molecule has 0 saturated carbocycles. The summed E-state index contributed by atoms with van der Waals surface area (Å²) in [4.78, 5) is 9.02. The molecule has 51 heavy (non-hydrogen) atoms. The van der Waals surface area contributed by atoms with Gasteiger partial charge in [-0.25, -0.2) is 0 Å². The van der Waals surface area contributed by atoms with Gasteiger partial charge in [0.25, 0.3) is 5.89 Å². The Morgan fingerprint density at radius 2 is 1.39 bits per heavy atom. The molecular formula is C44H38IrN4O2-2. The van der Waals surface area contributed by atoms with Gasteiger partial charge in [0.2, 0.25) is 5.89 Å². The zero-order chi connectivity index (χ0) is 35.0. The van der Waals surface area contributed by atoms with Crippen LogP contribution in [0.5, 0.6) is 0 Å². The number of hydrogen-bond acceptors (Lipinski definition) is 6. The summed E-state index contributed by atoms with van der Waals surface area (Å²) in [5.74, 6) is 1.02. The van der Waals surface area contributed by atoms with Gasteiger partial charge in [0.05, 0.1) is 11.1 Å². The number of hydrogen-bond donors (Lipinski definition) is 0. The number of benzene rings is 4. The van der Waals surface area contributed by atoms with Crippen molar-refractivity contribution in [3.8, 4) is 45.1 Å². The van der Waals surface area contributed by atoms with Crippen molar-refractivity contribution in [1.82, 2.24) is 20.2 Å². The van der Waals surface area contributed by atoms with E-state index in [4.69, 9.17) is 8.83 Å². The van der Waals surface area contributed by atoms with E-state index in [0.29, 0.717) is 17.4 Å². The molecule has 0 bridgehead atoms. The van der Waals surface area contributed by atoms with Crippen LogP contribution in [0.1, 0.15) is 48.9 Å². The molecule has 0 fully saturated rings. The summed E-state index contributed by atoms with van der Waals surface area (Å²) in [6, 6.07) is 37.2. The predicted octanol–water partition coefficient (Wildman–Crippen LogP) is 11.2. The van der Waals surface area contributed by atoms with Crippen LogP contribution in [0.4, 0.5) is 0 Å². The smallest absolute Gasteiger partial charge is 0.252 e. The summed E-state index contributed by atoms with van der Waals surface area (Å²) >= 11 is 0. The van der Waals surface area contributed by atoms with Crippen molar-refractivity contribution in [1.29, 1.82) is 0 Å². The molecule has 0 aliphatic carbocycles. The molecule has 4 aromatic carbocycles. The van der Waals surface area contributed by atoms with Gasteiger partial charge in [0, 0.05) is 43.3 Å². The number of furan rings is 1. The maximum absolute atomic E-state index is 6.65. The Bertz CT molecular complexity index is 2400. The first-order valence-electron chi connectivity index (χ1n) is 16.7. The van der Waals surface area contributed by atoms with Gasteiger partial charge in [0.15, 0.2) is 0 Å². The molecule has 1 radical (unpaired) electrons. The molecule has 0 aliphatic heterocycles. The number of rotatable bonds is 4. The Hall–Kier alpha value is -5.23. The number of nitrogens with zero attached hydrogens (tertiary/aromatic N) is 4. The molecule has 4 heterocycles. The summed E-state index contributed by atoms with van der Waals surface area (Å²) in [7, 11) is 0. The first-order chi connectivity index (χ1) is 24.1. The fourth-order valence-electron chi connectivity index (χ4n) is 5.74. The van der Waals surface area contributed by atoms with Gasteiger partial charge in [-0.15, -0.1) is 63.8 Å². The van der Waals surface area contributed by atoms with Crippen molar-refractivity contribution < 1.29 is 28.9 Å². The van der Waals surface area contributed by atoms with Crippen molar-refractivity contribution in [3.63, 3.8) is 0 Å². The van der Waals surface area contributed by atoms with E-state index in [2.05, 4.69) is 116 Å². The molecule has 0 amide bonds. The minimum Gasteiger partial charge on any atom is -0.500 e. The Labute approximate surface area is 312 Å². The molecule has 7 heteroatoms. The van der Waals surface area contributed by atoms with Crippen molar-refractivity contribution in [2.24, 2.45) is 0 Å². The van der Waals surface area contributed by atoms with E-state index >= 15 is 0 Å². The molecule has 0 N–H and O–H groups in total. The van der Waals surface area contributed by atoms with Gasteiger partial charge in [0.1, 0.15) is 5.58 Å². The molecule has 0 spiro atoms. The number of aromatic nitrogens is 4. The molecule has 8 rings (SSSR count). The van der Waals surface area contributed by atoms with Crippen LogP contribution < -0.4 is 0 Å². The maximum atomic E-state index is 6.65. The number of fused-ring (bicyclic) bond motifs is 3. The third-order valence-electron chi connectivity index (χ3n) is 8.75. The van der Waals surface area contributed by atoms with Crippen LogP contribution in [0.25, 0.3) is 67.0 Å². The van der Waals surface area contributed by atoms with Gasteiger partial charge < -0.3 is 18.8 Å². The first kappa shape index (κ1) is 35.6. The van der Waals surface area contributed by atoms with Crippen LogP contribution in [0, 0.1) is 39.8 Å². The van der Waals surface area contributed by atoms with E-state index in [-0.39, 0.29) is 25.5 Å². The summed E-state index contributed by atoms with van der Waals surface area (Å²) in [5, 5.41) is 10.8. The van der Waals surface area contributed by atoms with Crippen LogP contribution in [-0.4, -0.2) is 20.2 Å². The molecule has 257 valence electrons. The fraction of sp³-hybridized carbons (Fsp3) is 0.182. The van der Waals surface area contributed by atoms with Gasteiger partial charge in [-0.3, -0.25) is 0 Å². The van der Waals surface area contributed by atoms with Crippen LogP contribution in [-0.2, 0) is 25.5 Å². The number of pyridine rings is 2. The van der Waals surface area contributed by atoms with Gasteiger partial charge >= 0.3 is 0 Å². The Balaban J connectivity index is 0.000000251. The molecule has 8 aromatic rings. The Morgan fingerprint density at radius 1 is 0.647 bits per heavy atom. The molecular weight excluding hydrogens is 809 g/mol. The molecule has 0 unspecified atom stereocenters. The molecule has 0 saturated heterocycles. The molecule has 0 atom stereocenters. The zero-order valence-corrected chi connectivity index (χ0v) is 32.1. The standard InChI is InChI=1S/C31H26N3O2.C13H12N.Ir/c1-18-16-25(32-17-19(18)2)24-13-9-12-22-23-15-14-21(20-10-7-6-8-11-20)26(28(23)35-27(22)24)29-33-34-30(36-29)31(3,4)5;1-10-3-6-12(7-4-10)13-8-5-11(2)9-14-13;/h6-12,14-17H,1-5H3;3-6,8-9H,1-2H3;/q2*-1;. The van der Waals surface area contributed by atoms with Crippen LogP contribution in [0.15, 0.2) is 112 Å². The summed E-state index contributed by atoms with van der Waals surface area (Å²) < 4.78 is 12.9. The fourth-order valence-corrected chi connectivity index (χ4v) is 5.74.